The Balaban J connectivity index is 2.04. The van der Waals surface area contributed by atoms with Gasteiger partial charge in [-0.25, -0.2) is 4.79 Å². The molecule has 2 rings (SSSR count). The molecule has 7 nitrogen and oxygen atoms in total. The number of amides is 2. The lowest BCUT2D eigenvalue weighted by atomic mass is 9.97. The lowest BCUT2D eigenvalue weighted by molar-refractivity contribution is -0.152. The number of nitrogens with one attached hydrogen (secondary N) is 1. The number of piperidine rings is 1. The summed E-state index contributed by atoms with van der Waals surface area (Å²) in [6.45, 7) is 0.432. The molecule has 0 saturated carbocycles. The van der Waals surface area contributed by atoms with Crippen molar-refractivity contribution >= 4 is 17.8 Å². The Kier molecular flexibility index (Phi) is 4.04. The number of likely N-dealkylation sites (tertiary alicyclic amines) is 1. The highest BCUT2D eigenvalue weighted by Gasteiger charge is 2.42. The van der Waals surface area contributed by atoms with E-state index < -0.39 is 18.1 Å². The first-order valence-corrected chi connectivity index (χ1v) is 6.36. The minimum absolute atomic E-state index is 0.0602. The van der Waals surface area contributed by atoms with Crippen LogP contribution >= 0.6 is 0 Å². The largest absolute Gasteiger partial charge is 0.467 e. The molecule has 3 unspecified atom stereocenters. The van der Waals surface area contributed by atoms with E-state index in [1.807, 2.05) is 0 Å². The number of aliphatic hydroxyl groups excluding tert-OH is 1. The smallest absolute Gasteiger partial charge is 0.328 e. The third kappa shape index (κ3) is 2.86. The molecule has 0 aromatic carbocycles. The molecule has 0 spiro atoms. The highest BCUT2D eigenvalue weighted by molar-refractivity contribution is 5.88. The van der Waals surface area contributed by atoms with Gasteiger partial charge in [0.25, 0.3) is 0 Å². The third-order valence-corrected chi connectivity index (χ3v) is 3.65. The van der Waals surface area contributed by atoms with Crippen LogP contribution in [0.3, 0.4) is 0 Å². The second-order valence-electron chi connectivity index (χ2n) is 4.96. The molecule has 2 amide bonds. The molecule has 3 atom stereocenters. The number of carbonyl (C=O) groups excluding carboxylic acids is 3. The van der Waals surface area contributed by atoms with E-state index in [2.05, 4.69) is 10.1 Å². The molecule has 0 aliphatic carbocycles. The van der Waals surface area contributed by atoms with E-state index >= 15 is 0 Å². The van der Waals surface area contributed by atoms with Crippen LogP contribution in [-0.4, -0.2) is 60.1 Å². The SMILES string of the molecule is COC(=O)C1CC(O)CN1C(=O)C1CCC(=O)NC1. The number of hydrogen-bond acceptors (Lipinski definition) is 5. The van der Waals surface area contributed by atoms with E-state index in [0.29, 0.717) is 12.8 Å². The van der Waals surface area contributed by atoms with Crippen molar-refractivity contribution in [3.63, 3.8) is 0 Å². The first-order chi connectivity index (χ1) is 9.02. The van der Waals surface area contributed by atoms with Gasteiger partial charge in [-0.1, -0.05) is 0 Å². The summed E-state index contributed by atoms with van der Waals surface area (Å²) >= 11 is 0. The summed E-state index contributed by atoms with van der Waals surface area (Å²) in [4.78, 5) is 36.4. The summed E-state index contributed by atoms with van der Waals surface area (Å²) < 4.78 is 4.65. The van der Waals surface area contributed by atoms with E-state index in [4.69, 9.17) is 0 Å². The fraction of sp³-hybridized carbons (Fsp3) is 0.750. The van der Waals surface area contributed by atoms with E-state index in [-0.39, 0.29) is 37.2 Å². The minimum Gasteiger partial charge on any atom is -0.467 e. The minimum atomic E-state index is -0.717. The molecule has 2 saturated heterocycles. The molecule has 2 aliphatic heterocycles. The fourth-order valence-corrected chi connectivity index (χ4v) is 2.59. The van der Waals surface area contributed by atoms with Crippen LogP contribution in [0.15, 0.2) is 0 Å². The van der Waals surface area contributed by atoms with Crippen molar-refractivity contribution in [2.75, 3.05) is 20.2 Å². The van der Waals surface area contributed by atoms with Crippen molar-refractivity contribution in [2.24, 2.45) is 5.92 Å². The molecule has 0 bridgehead atoms. The molecule has 0 radical (unpaired) electrons. The molecule has 0 aromatic heterocycles. The number of rotatable bonds is 2. The van der Waals surface area contributed by atoms with Crippen LogP contribution in [0.1, 0.15) is 19.3 Å². The number of carbonyl (C=O) groups is 3. The first kappa shape index (κ1) is 13.8. The van der Waals surface area contributed by atoms with Crippen molar-refractivity contribution < 1.29 is 24.2 Å². The molecule has 106 valence electrons. The number of nitrogens with zero attached hydrogens (tertiary/aromatic N) is 1. The zero-order valence-corrected chi connectivity index (χ0v) is 10.8. The normalized spacial score (nSPS) is 30.9. The summed E-state index contributed by atoms with van der Waals surface area (Å²) in [5, 5.41) is 12.3. The molecule has 2 heterocycles. The fourth-order valence-electron chi connectivity index (χ4n) is 2.59. The number of hydrogen-bond donors (Lipinski definition) is 2. The summed E-state index contributed by atoms with van der Waals surface area (Å²) in [6.07, 6.45) is 0.296. The average molecular weight is 270 g/mol. The Bertz CT molecular complexity index is 388. The summed E-state index contributed by atoms with van der Waals surface area (Å²) in [5.41, 5.74) is 0. The Morgan fingerprint density at radius 2 is 2.21 bits per heavy atom. The van der Waals surface area contributed by atoms with Crippen LogP contribution in [0.5, 0.6) is 0 Å². The van der Waals surface area contributed by atoms with Gasteiger partial charge in [0.2, 0.25) is 11.8 Å². The van der Waals surface area contributed by atoms with Crippen molar-refractivity contribution in [3.05, 3.63) is 0 Å². The van der Waals surface area contributed by atoms with Gasteiger partial charge in [-0.3, -0.25) is 9.59 Å². The standard InChI is InChI=1S/C12H18N2O5/c1-19-12(18)9-4-8(15)6-14(9)11(17)7-2-3-10(16)13-5-7/h7-9,15H,2-6H2,1H3,(H,13,16). The number of aliphatic hydroxyl groups is 1. The van der Waals surface area contributed by atoms with Crippen LogP contribution in [0, 0.1) is 5.92 Å². The summed E-state index contributed by atoms with van der Waals surface area (Å²) in [7, 11) is 1.26. The van der Waals surface area contributed by atoms with E-state index in [9.17, 15) is 19.5 Å². The van der Waals surface area contributed by atoms with Crippen LogP contribution in [0.25, 0.3) is 0 Å². The molecule has 0 aromatic rings. The molecular formula is C12H18N2O5. The number of methoxy groups -OCH3 is 1. The van der Waals surface area contributed by atoms with E-state index in [1.165, 1.54) is 12.0 Å². The average Bonchev–Trinajstić information content (AvgIpc) is 2.80. The van der Waals surface area contributed by atoms with Crippen LogP contribution in [-0.2, 0) is 19.1 Å². The predicted octanol–water partition coefficient (Wildman–Crippen LogP) is -1.35. The van der Waals surface area contributed by atoms with Crippen LogP contribution in [0.4, 0.5) is 0 Å². The van der Waals surface area contributed by atoms with Gasteiger partial charge in [0.15, 0.2) is 0 Å². The lowest BCUT2D eigenvalue weighted by Gasteiger charge is -2.29. The topological polar surface area (TPSA) is 95.9 Å². The summed E-state index contributed by atoms with van der Waals surface area (Å²) in [5.74, 6) is -1.10. The van der Waals surface area contributed by atoms with Gasteiger partial charge in [-0.15, -0.1) is 0 Å². The van der Waals surface area contributed by atoms with Gasteiger partial charge in [0.1, 0.15) is 6.04 Å². The number of ether oxygens (including phenoxy) is 1. The van der Waals surface area contributed by atoms with Gasteiger partial charge in [-0.2, -0.15) is 0 Å². The van der Waals surface area contributed by atoms with Gasteiger partial charge in [0.05, 0.1) is 19.1 Å². The highest BCUT2D eigenvalue weighted by atomic mass is 16.5. The van der Waals surface area contributed by atoms with Crippen LogP contribution < -0.4 is 5.32 Å². The lowest BCUT2D eigenvalue weighted by Crippen LogP contribution is -2.48. The van der Waals surface area contributed by atoms with Gasteiger partial charge >= 0.3 is 5.97 Å². The Morgan fingerprint density at radius 1 is 1.47 bits per heavy atom. The molecule has 7 heteroatoms. The zero-order chi connectivity index (χ0) is 14.0. The third-order valence-electron chi connectivity index (χ3n) is 3.65. The van der Waals surface area contributed by atoms with Crippen molar-refractivity contribution in [3.8, 4) is 0 Å². The van der Waals surface area contributed by atoms with E-state index in [1.54, 1.807) is 0 Å². The Hall–Kier alpha value is -1.63. The molecular weight excluding hydrogens is 252 g/mol. The number of β-amino-alcohol motifs (C(OH)–C–C–N with tert-alkyl or cyclic N) is 1. The maximum absolute atomic E-state index is 12.3. The molecule has 2 aliphatic rings. The van der Waals surface area contributed by atoms with Gasteiger partial charge in [-0.05, 0) is 6.42 Å². The summed E-state index contributed by atoms with van der Waals surface area (Å²) in [6, 6.07) is -0.717. The Morgan fingerprint density at radius 3 is 2.79 bits per heavy atom. The predicted molar refractivity (Wildman–Crippen MR) is 63.9 cm³/mol. The number of esters is 1. The van der Waals surface area contributed by atoms with Gasteiger partial charge < -0.3 is 20.1 Å². The second-order valence-corrected chi connectivity index (χ2v) is 4.96. The van der Waals surface area contributed by atoms with Gasteiger partial charge in [0, 0.05) is 25.9 Å². The first-order valence-electron chi connectivity index (χ1n) is 6.36. The van der Waals surface area contributed by atoms with Crippen molar-refractivity contribution in [2.45, 2.75) is 31.4 Å². The quantitative estimate of drug-likeness (QED) is 0.605. The second kappa shape index (κ2) is 5.56. The molecule has 2 fully saturated rings. The maximum atomic E-state index is 12.3. The molecule has 19 heavy (non-hydrogen) atoms. The maximum Gasteiger partial charge on any atom is 0.328 e. The van der Waals surface area contributed by atoms with Crippen LogP contribution in [0.2, 0.25) is 0 Å². The monoisotopic (exact) mass is 270 g/mol. The highest BCUT2D eigenvalue weighted by Crippen LogP contribution is 2.23. The molecule has 2 N–H and O–H groups in total. The van der Waals surface area contributed by atoms with Crippen molar-refractivity contribution in [1.82, 2.24) is 10.2 Å². The Labute approximate surface area is 110 Å². The van der Waals surface area contributed by atoms with Crippen molar-refractivity contribution in [1.29, 1.82) is 0 Å². The van der Waals surface area contributed by atoms with E-state index in [0.717, 1.165) is 0 Å². The zero-order valence-electron chi connectivity index (χ0n) is 10.8.